The Morgan fingerprint density at radius 2 is 1.06 bits per heavy atom. The minimum absolute atomic E-state index is 0.151. The highest BCUT2D eigenvalue weighted by Gasteiger charge is 2.35. The molecule has 3 nitrogen and oxygen atoms in total. The molecule has 0 atom stereocenters. The van der Waals surface area contributed by atoms with Crippen molar-refractivity contribution in [2.24, 2.45) is 0 Å². The van der Waals surface area contributed by atoms with Crippen LogP contribution in [0.5, 0.6) is 0 Å². The minimum atomic E-state index is -0.151. The van der Waals surface area contributed by atoms with E-state index in [4.69, 9.17) is 9.97 Å². The third-order valence-corrected chi connectivity index (χ3v) is 10.3. The third kappa shape index (κ3) is 5.30. The van der Waals surface area contributed by atoms with Crippen LogP contribution >= 0.6 is 0 Å². The lowest BCUT2D eigenvalue weighted by molar-refractivity contribution is 0.660. The molecule has 0 fully saturated rings. The van der Waals surface area contributed by atoms with Crippen molar-refractivity contribution in [3.8, 4) is 73.4 Å². The van der Waals surface area contributed by atoms with Crippen LogP contribution in [0.4, 0.5) is 0 Å². The summed E-state index contributed by atoms with van der Waals surface area (Å²) in [5.41, 5.74) is 15.0. The van der Waals surface area contributed by atoms with E-state index in [1.54, 1.807) is 0 Å². The fourth-order valence-corrected chi connectivity index (χ4v) is 7.63. The van der Waals surface area contributed by atoms with Gasteiger partial charge in [0.05, 0.1) is 23.0 Å². The SMILES string of the molecule is CC1(C)c2ccc(C#N)cc2-c2ccc(-c3cccc(-c4cccc(-c5cc(-c6ccccc6)nc(-c6cccc7ccccc67)n5)c4)c3)cc21. The Kier molecular flexibility index (Phi) is 7.19. The zero-order chi connectivity index (χ0) is 34.5. The van der Waals surface area contributed by atoms with E-state index >= 15 is 0 Å². The smallest absolute Gasteiger partial charge is 0.161 e. The van der Waals surface area contributed by atoms with Crippen LogP contribution in [0.25, 0.3) is 78.1 Å². The zero-order valence-electron chi connectivity index (χ0n) is 28.4. The molecule has 0 bridgehead atoms. The van der Waals surface area contributed by atoms with Crippen molar-refractivity contribution in [3.05, 3.63) is 180 Å². The topological polar surface area (TPSA) is 49.6 Å². The van der Waals surface area contributed by atoms with Gasteiger partial charge in [-0.3, -0.25) is 0 Å². The van der Waals surface area contributed by atoms with Gasteiger partial charge in [0.1, 0.15) is 0 Å². The monoisotopic (exact) mass is 651 g/mol. The van der Waals surface area contributed by atoms with Gasteiger partial charge in [0, 0.05) is 22.1 Å². The van der Waals surface area contributed by atoms with Gasteiger partial charge in [-0.15, -0.1) is 0 Å². The lowest BCUT2D eigenvalue weighted by atomic mass is 9.81. The number of hydrogen-bond acceptors (Lipinski definition) is 3. The molecule has 8 aromatic rings. The highest BCUT2D eigenvalue weighted by atomic mass is 14.9. The van der Waals surface area contributed by atoms with Crippen molar-refractivity contribution < 1.29 is 0 Å². The first-order valence-electron chi connectivity index (χ1n) is 17.3. The van der Waals surface area contributed by atoms with Gasteiger partial charge in [-0.05, 0) is 91.7 Å². The largest absolute Gasteiger partial charge is 0.228 e. The average Bonchev–Trinajstić information content (AvgIpc) is 3.42. The molecule has 0 aliphatic heterocycles. The maximum Gasteiger partial charge on any atom is 0.161 e. The second-order valence-electron chi connectivity index (χ2n) is 13.8. The van der Waals surface area contributed by atoms with Gasteiger partial charge in [0.15, 0.2) is 5.82 Å². The lowest BCUT2D eigenvalue weighted by Crippen LogP contribution is -2.15. The van der Waals surface area contributed by atoms with E-state index in [1.165, 1.54) is 22.3 Å². The van der Waals surface area contributed by atoms with Gasteiger partial charge in [0.2, 0.25) is 0 Å². The molecule has 1 aliphatic rings. The maximum absolute atomic E-state index is 9.54. The predicted molar refractivity (Wildman–Crippen MR) is 209 cm³/mol. The molecule has 0 saturated carbocycles. The zero-order valence-corrected chi connectivity index (χ0v) is 28.4. The minimum Gasteiger partial charge on any atom is -0.228 e. The predicted octanol–water partition coefficient (Wildman–Crippen LogP) is 12.1. The maximum atomic E-state index is 9.54. The Bertz CT molecular complexity index is 2680. The summed E-state index contributed by atoms with van der Waals surface area (Å²) in [6.07, 6.45) is 0. The Morgan fingerprint density at radius 3 is 1.82 bits per heavy atom. The molecule has 1 aliphatic carbocycles. The van der Waals surface area contributed by atoms with Gasteiger partial charge in [-0.1, -0.05) is 141 Å². The van der Waals surface area contributed by atoms with Crippen LogP contribution in [0.15, 0.2) is 164 Å². The molecule has 0 unspecified atom stereocenters. The van der Waals surface area contributed by atoms with Gasteiger partial charge < -0.3 is 0 Å². The second kappa shape index (κ2) is 12.1. The second-order valence-corrected chi connectivity index (χ2v) is 13.8. The van der Waals surface area contributed by atoms with Crippen LogP contribution in [0, 0.1) is 11.3 Å². The van der Waals surface area contributed by atoms with E-state index in [1.807, 2.05) is 30.3 Å². The van der Waals surface area contributed by atoms with E-state index in [9.17, 15) is 5.26 Å². The van der Waals surface area contributed by atoms with Crippen LogP contribution in [-0.4, -0.2) is 9.97 Å². The summed E-state index contributed by atoms with van der Waals surface area (Å²) in [6.45, 7) is 4.55. The lowest BCUT2D eigenvalue weighted by Gasteiger charge is -2.22. The van der Waals surface area contributed by atoms with E-state index in [0.29, 0.717) is 11.4 Å². The molecule has 0 N–H and O–H groups in total. The molecular weight excluding hydrogens is 619 g/mol. The summed E-state index contributed by atoms with van der Waals surface area (Å²) in [7, 11) is 0. The number of hydrogen-bond donors (Lipinski definition) is 0. The first-order valence-corrected chi connectivity index (χ1v) is 17.3. The van der Waals surface area contributed by atoms with E-state index in [2.05, 4.69) is 153 Å². The van der Waals surface area contributed by atoms with Gasteiger partial charge in [-0.2, -0.15) is 5.26 Å². The van der Waals surface area contributed by atoms with Crippen LogP contribution in [0.1, 0.15) is 30.5 Å². The normalized spacial score (nSPS) is 12.6. The molecule has 3 heteroatoms. The number of benzene rings is 7. The summed E-state index contributed by atoms with van der Waals surface area (Å²) in [5, 5.41) is 11.8. The Balaban J connectivity index is 1.12. The first kappa shape index (κ1) is 30.4. The Hall–Kier alpha value is -6.63. The Labute approximate surface area is 298 Å². The molecule has 0 radical (unpaired) electrons. The third-order valence-electron chi connectivity index (χ3n) is 10.3. The standard InChI is InChI=1S/C48H33N3/c1-48(2)43-24-21-31(30-49)25-42(43)40-23-22-37(28-44(40)48)35-16-8-15-34(26-35)36-17-9-18-38(27-36)46-29-45(33-12-4-3-5-13-33)50-47(51-46)41-20-10-14-32-11-6-7-19-39(32)41/h3-29H,1-2H3. The Morgan fingerprint density at radius 1 is 0.451 bits per heavy atom. The van der Waals surface area contributed by atoms with E-state index < -0.39 is 0 Å². The average molecular weight is 652 g/mol. The molecule has 0 spiro atoms. The molecule has 51 heavy (non-hydrogen) atoms. The summed E-state index contributed by atoms with van der Waals surface area (Å²) in [4.78, 5) is 10.3. The van der Waals surface area contributed by atoms with Crippen molar-refractivity contribution in [2.45, 2.75) is 19.3 Å². The van der Waals surface area contributed by atoms with Crippen LogP contribution in [0.2, 0.25) is 0 Å². The van der Waals surface area contributed by atoms with Crippen molar-refractivity contribution in [1.29, 1.82) is 5.26 Å². The number of rotatable bonds is 5. The highest BCUT2D eigenvalue weighted by molar-refractivity contribution is 5.95. The molecular formula is C48H33N3. The van der Waals surface area contributed by atoms with Crippen molar-refractivity contribution in [3.63, 3.8) is 0 Å². The van der Waals surface area contributed by atoms with Gasteiger partial charge in [0.25, 0.3) is 0 Å². The molecule has 0 amide bonds. The van der Waals surface area contributed by atoms with E-state index in [-0.39, 0.29) is 5.41 Å². The molecule has 1 aromatic heterocycles. The van der Waals surface area contributed by atoms with E-state index in [0.717, 1.165) is 61.1 Å². The highest BCUT2D eigenvalue weighted by Crippen LogP contribution is 2.50. The van der Waals surface area contributed by atoms with Crippen molar-refractivity contribution in [2.75, 3.05) is 0 Å². The number of fused-ring (bicyclic) bond motifs is 4. The number of nitrogens with zero attached hydrogens (tertiary/aromatic N) is 3. The van der Waals surface area contributed by atoms with Crippen LogP contribution in [-0.2, 0) is 5.41 Å². The molecule has 1 heterocycles. The van der Waals surface area contributed by atoms with Gasteiger partial charge >= 0.3 is 0 Å². The molecule has 240 valence electrons. The van der Waals surface area contributed by atoms with Crippen LogP contribution < -0.4 is 0 Å². The summed E-state index contributed by atoms with van der Waals surface area (Å²) >= 11 is 0. The molecule has 9 rings (SSSR count). The molecule has 0 saturated heterocycles. The summed E-state index contributed by atoms with van der Waals surface area (Å²) < 4.78 is 0. The number of nitriles is 1. The quantitative estimate of drug-likeness (QED) is 0.186. The van der Waals surface area contributed by atoms with Gasteiger partial charge in [-0.25, -0.2) is 9.97 Å². The summed E-state index contributed by atoms with van der Waals surface area (Å²) in [6, 6.07) is 59.7. The number of aromatic nitrogens is 2. The van der Waals surface area contributed by atoms with Crippen molar-refractivity contribution >= 4 is 10.8 Å². The molecule has 7 aromatic carbocycles. The van der Waals surface area contributed by atoms with Crippen LogP contribution in [0.3, 0.4) is 0 Å². The first-order chi connectivity index (χ1) is 25.0. The van der Waals surface area contributed by atoms with Crippen molar-refractivity contribution in [1.82, 2.24) is 9.97 Å². The fraction of sp³-hybridized carbons (Fsp3) is 0.0625. The fourth-order valence-electron chi connectivity index (χ4n) is 7.63. The summed E-state index contributed by atoms with van der Waals surface area (Å²) in [5.74, 6) is 0.709.